The van der Waals surface area contributed by atoms with Gasteiger partial charge >= 0.3 is 5.97 Å². The Morgan fingerprint density at radius 1 is 1.42 bits per heavy atom. The van der Waals surface area contributed by atoms with Crippen LogP contribution in [0.5, 0.6) is 0 Å². The molecule has 0 heterocycles. The van der Waals surface area contributed by atoms with E-state index >= 15 is 0 Å². The fourth-order valence-electron chi connectivity index (χ4n) is 1.87. The maximum absolute atomic E-state index is 12.1. The van der Waals surface area contributed by atoms with E-state index < -0.39 is 22.1 Å². The molecule has 0 saturated heterocycles. The highest BCUT2D eigenvalue weighted by atomic mass is 32.2. The Balaban J connectivity index is 2.05. The summed E-state index contributed by atoms with van der Waals surface area (Å²) in [5, 5.41) is 2.74. The SMILES string of the molecule is C=CCNS(=O)(=O)c1cccc(C(=O)O[C@H](C)C(=O)NC2CC2)c1. The van der Waals surface area contributed by atoms with Crippen LogP contribution in [0.4, 0.5) is 0 Å². The first-order valence-corrected chi connectivity index (χ1v) is 9.04. The van der Waals surface area contributed by atoms with Crippen molar-refractivity contribution in [3.05, 3.63) is 42.5 Å². The maximum atomic E-state index is 12.1. The van der Waals surface area contributed by atoms with Crippen LogP contribution in [0.3, 0.4) is 0 Å². The number of nitrogens with one attached hydrogen (secondary N) is 2. The molecule has 1 amide bonds. The van der Waals surface area contributed by atoms with Gasteiger partial charge in [0.25, 0.3) is 5.91 Å². The van der Waals surface area contributed by atoms with Gasteiger partial charge < -0.3 is 10.1 Å². The molecule has 2 rings (SSSR count). The van der Waals surface area contributed by atoms with Crippen LogP contribution < -0.4 is 10.0 Å². The summed E-state index contributed by atoms with van der Waals surface area (Å²) in [6.45, 7) is 4.99. The van der Waals surface area contributed by atoms with Gasteiger partial charge in [0.05, 0.1) is 10.5 Å². The average molecular weight is 352 g/mol. The van der Waals surface area contributed by atoms with Crippen LogP contribution in [0.25, 0.3) is 0 Å². The standard InChI is InChI=1S/C16H20N2O5S/c1-3-9-17-24(21,22)14-6-4-5-12(10-14)16(20)23-11(2)15(19)18-13-7-8-13/h3-6,10-11,13,17H,1,7-9H2,2H3,(H,18,19)/t11-/m1/s1. The summed E-state index contributed by atoms with van der Waals surface area (Å²) in [5.41, 5.74) is 0.0579. The Bertz CT molecular complexity index is 741. The topological polar surface area (TPSA) is 102 Å². The lowest BCUT2D eigenvalue weighted by Crippen LogP contribution is -2.37. The molecule has 0 bridgehead atoms. The fraction of sp³-hybridized carbons (Fsp3) is 0.375. The molecule has 2 N–H and O–H groups in total. The molecule has 1 fully saturated rings. The number of esters is 1. The quantitative estimate of drug-likeness (QED) is 0.536. The van der Waals surface area contributed by atoms with Crippen molar-refractivity contribution in [1.29, 1.82) is 0 Å². The van der Waals surface area contributed by atoms with E-state index in [1.165, 1.54) is 37.3 Å². The van der Waals surface area contributed by atoms with E-state index in [1.54, 1.807) is 0 Å². The molecule has 1 aromatic carbocycles. The summed E-state index contributed by atoms with van der Waals surface area (Å²) >= 11 is 0. The molecular weight excluding hydrogens is 332 g/mol. The number of amides is 1. The van der Waals surface area contributed by atoms with Crippen molar-refractivity contribution >= 4 is 21.9 Å². The van der Waals surface area contributed by atoms with Gasteiger partial charge in [-0.2, -0.15) is 0 Å². The van der Waals surface area contributed by atoms with Crippen LogP contribution >= 0.6 is 0 Å². The summed E-state index contributed by atoms with van der Waals surface area (Å²) in [6.07, 6.45) is 2.33. The Morgan fingerprint density at radius 2 is 2.12 bits per heavy atom. The summed E-state index contributed by atoms with van der Waals surface area (Å²) in [7, 11) is -3.74. The first kappa shape index (κ1) is 18.2. The summed E-state index contributed by atoms with van der Waals surface area (Å²) in [4.78, 5) is 23.9. The van der Waals surface area contributed by atoms with Gasteiger partial charge in [-0.3, -0.25) is 4.79 Å². The number of hydrogen-bond donors (Lipinski definition) is 2. The molecule has 0 aromatic heterocycles. The molecule has 0 unspecified atom stereocenters. The third-order valence-electron chi connectivity index (χ3n) is 3.37. The van der Waals surface area contributed by atoms with Crippen molar-refractivity contribution in [3.63, 3.8) is 0 Å². The van der Waals surface area contributed by atoms with Crippen molar-refractivity contribution in [3.8, 4) is 0 Å². The smallest absolute Gasteiger partial charge is 0.338 e. The molecule has 1 aromatic rings. The predicted molar refractivity (Wildman–Crippen MR) is 87.9 cm³/mol. The van der Waals surface area contributed by atoms with Crippen molar-refractivity contribution < 1.29 is 22.7 Å². The Kier molecular flexibility index (Phi) is 5.74. The number of benzene rings is 1. The molecular formula is C16H20N2O5S. The van der Waals surface area contributed by atoms with Crippen LogP contribution in [-0.2, 0) is 19.6 Å². The van der Waals surface area contributed by atoms with Crippen molar-refractivity contribution in [2.45, 2.75) is 36.8 Å². The van der Waals surface area contributed by atoms with Gasteiger partial charge in [-0.05, 0) is 38.0 Å². The zero-order chi connectivity index (χ0) is 17.7. The molecule has 7 nitrogen and oxygen atoms in total. The number of ether oxygens (including phenoxy) is 1. The number of hydrogen-bond acceptors (Lipinski definition) is 5. The van der Waals surface area contributed by atoms with E-state index in [0.717, 1.165) is 12.8 Å². The van der Waals surface area contributed by atoms with E-state index in [4.69, 9.17) is 4.74 Å². The molecule has 1 aliphatic carbocycles. The zero-order valence-electron chi connectivity index (χ0n) is 13.3. The normalized spacial score (nSPS) is 15.4. The van der Waals surface area contributed by atoms with E-state index in [9.17, 15) is 18.0 Å². The zero-order valence-corrected chi connectivity index (χ0v) is 14.1. The van der Waals surface area contributed by atoms with Crippen LogP contribution in [0, 0.1) is 0 Å². The largest absolute Gasteiger partial charge is 0.449 e. The van der Waals surface area contributed by atoms with Gasteiger partial charge in [-0.25, -0.2) is 17.9 Å². The second kappa shape index (κ2) is 7.59. The molecule has 0 spiro atoms. The lowest BCUT2D eigenvalue weighted by molar-refractivity contribution is -0.129. The summed E-state index contributed by atoms with van der Waals surface area (Å²) in [6, 6.07) is 5.61. The highest BCUT2D eigenvalue weighted by Crippen LogP contribution is 2.19. The second-order valence-corrected chi connectivity index (χ2v) is 7.27. The van der Waals surface area contributed by atoms with Gasteiger partial charge in [0, 0.05) is 12.6 Å². The van der Waals surface area contributed by atoms with E-state index in [1.807, 2.05) is 0 Å². The Morgan fingerprint density at radius 3 is 2.75 bits per heavy atom. The van der Waals surface area contributed by atoms with Crippen LogP contribution in [0.2, 0.25) is 0 Å². The van der Waals surface area contributed by atoms with Crippen molar-refractivity contribution in [2.75, 3.05) is 6.54 Å². The molecule has 0 aliphatic heterocycles. The fourth-order valence-corrected chi connectivity index (χ4v) is 2.91. The highest BCUT2D eigenvalue weighted by molar-refractivity contribution is 7.89. The molecule has 1 saturated carbocycles. The minimum absolute atomic E-state index is 0.0579. The van der Waals surface area contributed by atoms with Crippen LogP contribution in [0.1, 0.15) is 30.1 Å². The monoisotopic (exact) mass is 352 g/mol. The van der Waals surface area contributed by atoms with Gasteiger partial charge in [0.1, 0.15) is 0 Å². The van der Waals surface area contributed by atoms with Crippen LogP contribution in [0.15, 0.2) is 41.8 Å². The molecule has 1 aliphatic rings. The van der Waals surface area contributed by atoms with E-state index in [0.29, 0.717) is 0 Å². The van der Waals surface area contributed by atoms with Gasteiger partial charge in [-0.15, -0.1) is 6.58 Å². The first-order valence-electron chi connectivity index (χ1n) is 7.55. The Hall–Kier alpha value is -2.19. The van der Waals surface area contributed by atoms with Gasteiger partial charge in [-0.1, -0.05) is 12.1 Å². The molecule has 0 radical (unpaired) electrons. The van der Waals surface area contributed by atoms with E-state index in [-0.39, 0.29) is 29.0 Å². The van der Waals surface area contributed by atoms with Crippen molar-refractivity contribution in [2.24, 2.45) is 0 Å². The number of rotatable bonds is 8. The number of sulfonamides is 1. The van der Waals surface area contributed by atoms with Crippen molar-refractivity contribution in [1.82, 2.24) is 10.0 Å². The molecule has 24 heavy (non-hydrogen) atoms. The van der Waals surface area contributed by atoms with E-state index in [2.05, 4.69) is 16.6 Å². The minimum Gasteiger partial charge on any atom is -0.449 e. The number of carbonyl (C=O) groups excluding carboxylic acids is 2. The molecule has 8 heteroatoms. The molecule has 1 atom stereocenters. The minimum atomic E-state index is -3.74. The average Bonchev–Trinajstić information content (AvgIpc) is 3.37. The number of carbonyl (C=O) groups is 2. The van der Waals surface area contributed by atoms with Crippen LogP contribution in [-0.4, -0.2) is 39.0 Å². The lowest BCUT2D eigenvalue weighted by atomic mass is 10.2. The van der Waals surface area contributed by atoms with Gasteiger partial charge in [0.2, 0.25) is 10.0 Å². The molecule has 130 valence electrons. The van der Waals surface area contributed by atoms with Gasteiger partial charge in [0.15, 0.2) is 6.10 Å². The first-order chi connectivity index (χ1) is 11.3. The predicted octanol–water partition coefficient (Wildman–Crippen LogP) is 0.975. The Labute approximate surface area is 141 Å². The third-order valence-corrected chi connectivity index (χ3v) is 4.80. The third kappa shape index (κ3) is 4.90. The lowest BCUT2D eigenvalue weighted by Gasteiger charge is -2.13. The summed E-state index contributed by atoms with van der Waals surface area (Å²) in [5.74, 6) is -1.11. The second-order valence-electron chi connectivity index (χ2n) is 5.50. The maximum Gasteiger partial charge on any atom is 0.338 e. The highest BCUT2D eigenvalue weighted by Gasteiger charge is 2.27. The summed E-state index contributed by atoms with van der Waals surface area (Å²) < 4.78 is 31.5.